The maximum absolute atomic E-state index is 6.21. The molecule has 0 aliphatic heterocycles. The summed E-state index contributed by atoms with van der Waals surface area (Å²) in [5.41, 5.74) is 1.21. The van der Waals surface area contributed by atoms with Crippen molar-refractivity contribution < 1.29 is 4.74 Å². The minimum Gasteiger partial charge on any atom is -0.377 e. The molecule has 0 atom stereocenters. The van der Waals surface area contributed by atoms with E-state index in [-0.39, 0.29) is 5.60 Å². The second-order valence-electron chi connectivity index (χ2n) is 5.73. The van der Waals surface area contributed by atoms with E-state index >= 15 is 0 Å². The van der Waals surface area contributed by atoms with Crippen LogP contribution in [-0.2, 0) is 4.74 Å². The van der Waals surface area contributed by atoms with E-state index in [4.69, 9.17) is 16.3 Å². The molecule has 1 aromatic carbocycles. The third kappa shape index (κ3) is 3.25. The fourth-order valence-corrected chi connectivity index (χ4v) is 2.60. The van der Waals surface area contributed by atoms with Crippen LogP contribution in [0.15, 0.2) is 24.3 Å². The van der Waals surface area contributed by atoms with Crippen LogP contribution in [0.1, 0.15) is 38.2 Å². The number of benzene rings is 1. The molecule has 0 aromatic heterocycles. The Morgan fingerprint density at radius 3 is 2.61 bits per heavy atom. The van der Waals surface area contributed by atoms with Gasteiger partial charge in [0.2, 0.25) is 0 Å². The molecule has 0 unspecified atom stereocenters. The van der Waals surface area contributed by atoms with Crippen molar-refractivity contribution in [3.05, 3.63) is 34.9 Å². The Hall–Kier alpha value is -0.570. The molecule has 0 heterocycles. The molecule has 0 bridgehead atoms. The highest BCUT2D eigenvalue weighted by Crippen LogP contribution is 2.39. The van der Waals surface area contributed by atoms with Gasteiger partial charge in [-0.2, -0.15) is 0 Å². The molecule has 1 aliphatic carbocycles. The first kappa shape index (κ1) is 13.9. The van der Waals surface area contributed by atoms with Crippen LogP contribution in [0.3, 0.4) is 0 Å². The van der Waals surface area contributed by atoms with Crippen LogP contribution >= 0.6 is 11.6 Å². The summed E-state index contributed by atoms with van der Waals surface area (Å²) in [5, 5.41) is 4.46. The minimum atomic E-state index is -0.0878. The molecule has 1 N–H and O–H groups in total. The number of ether oxygens (including phenoxy) is 1. The summed E-state index contributed by atoms with van der Waals surface area (Å²) < 4.78 is 5.40. The van der Waals surface area contributed by atoms with E-state index in [2.05, 4.69) is 31.3 Å². The van der Waals surface area contributed by atoms with Crippen LogP contribution in [0.25, 0.3) is 0 Å². The highest BCUT2D eigenvalue weighted by atomic mass is 35.5. The van der Waals surface area contributed by atoms with Gasteiger partial charge in [-0.15, -0.1) is 0 Å². The van der Waals surface area contributed by atoms with Gasteiger partial charge in [0.25, 0.3) is 0 Å². The van der Waals surface area contributed by atoms with E-state index in [1.165, 1.54) is 18.4 Å². The molecule has 0 spiro atoms. The van der Waals surface area contributed by atoms with Gasteiger partial charge in [-0.1, -0.05) is 29.8 Å². The second-order valence-corrected chi connectivity index (χ2v) is 6.14. The maximum Gasteiger partial charge on any atom is 0.0746 e. The third-order valence-corrected chi connectivity index (χ3v) is 4.20. The Balaban J connectivity index is 1.79. The quantitative estimate of drug-likeness (QED) is 0.880. The molecule has 18 heavy (non-hydrogen) atoms. The first-order valence-electron chi connectivity index (χ1n) is 6.55. The standard InChI is InChI=1S/C15H22ClNO/c1-15(2,18-3)10-17-12-8-11(9-12)13-6-4-5-7-14(13)16/h4-7,11-12,17H,8-10H2,1-3H3. The van der Waals surface area contributed by atoms with Gasteiger partial charge in [0.05, 0.1) is 5.60 Å². The molecule has 0 radical (unpaired) electrons. The molecule has 0 saturated heterocycles. The third-order valence-electron chi connectivity index (χ3n) is 3.85. The molecule has 1 fully saturated rings. The molecule has 3 heteroatoms. The molecule has 1 aliphatic rings. The van der Waals surface area contributed by atoms with E-state index in [1.807, 2.05) is 12.1 Å². The Labute approximate surface area is 115 Å². The number of hydrogen-bond acceptors (Lipinski definition) is 2. The average molecular weight is 268 g/mol. The number of nitrogens with one attached hydrogen (secondary N) is 1. The minimum absolute atomic E-state index is 0.0878. The van der Waals surface area contributed by atoms with Gasteiger partial charge in [-0.05, 0) is 44.2 Å². The maximum atomic E-state index is 6.21. The predicted octanol–water partition coefficient (Wildman–Crippen LogP) is 3.60. The Bertz CT molecular complexity index is 399. The number of methoxy groups -OCH3 is 1. The zero-order chi connectivity index (χ0) is 13.2. The summed E-state index contributed by atoms with van der Waals surface area (Å²) in [7, 11) is 1.76. The molecule has 1 aromatic rings. The van der Waals surface area contributed by atoms with Gasteiger partial charge in [-0.3, -0.25) is 0 Å². The van der Waals surface area contributed by atoms with Crippen molar-refractivity contribution in [2.75, 3.05) is 13.7 Å². The topological polar surface area (TPSA) is 21.3 Å². The van der Waals surface area contributed by atoms with Crippen molar-refractivity contribution in [2.24, 2.45) is 0 Å². The van der Waals surface area contributed by atoms with Gasteiger partial charge in [0, 0.05) is 24.7 Å². The zero-order valence-corrected chi connectivity index (χ0v) is 12.1. The lowest BCUT2D eigenvalue weighted by molar-refractivity contribution is 0.0180. The van der Waals surface area contributed by atoms with Crippen molar-refractivity contribution in [3.63, 3.8) is 0 Å². The van der Waals surface area contributed by atoms with Crippen molar-refractivity contribution in [1.29, 1.82) is 0 Å². The Kier molecular flexibility index (Phi) is 4.31. The summed E-state index contributed by atoms with van der Waals surface area (Å²) in [5.74, 6) is 0.613. The van der Waals surface area contributed by atoms with E-state index in [0.29, 0.717) is 12.0 Å². The summed E-state index contributed by atoms with van der Waals surface area (Å²) in [4.78, 5) is 0. The van der Waals surface area contributed by atoms with E-state index in [1.54, 1.807) is 7.11 Å². The first-order chi connectivity index (χ1) is 8.52. The van der Waals surface area contributed by atoms with E-state index < -0.39 is 0 Å². The summed E-state index contributed by atoms with van der Waals surface area (Å²) in [6, 6.07) is 8.77. The monoisotopic (exact) mass is 267 g/mol. The summed E-state index contributed by atoms with van der Waals surface area (Å²) >= 11 is 6.21. The normalized spacial score (nSPS) is 23.8. The number of halogens is 1. The van der Waals surface area contributed by atoms with Crippen LogP contribution in [0.4, 0.5) is 0 Å². The average Bonchev–Trinajstić information content (AvgIpc) is 2.29. The molecule has 100 valence electrons. The predicted molar refractivity (Wildman–Crippen MR) is 76.3 cm³/mol. The smallest absolute Gasteiger partial charge is 0.0746 e. The van der Waals surface area contributed by atoms with Crippen LogP contribution < -0.4 is 5.32 Å². The van der Waals surface area contributed by atoms with Gasteiger partial charge in [-0.25, -0.2) is 0 Å². The molecule has 1 saturated carbocycles. The molecular formula is C15H22ClNO. The summed E-state index contributed by atoms with van der Waals surface area (Å²) in [6.45, 7) is 5.10. The van der Waals surface area contributed by atoms with E-state index in [9.17, 15) is 0 Å². The lowest BCUT2D eigenvalue weighted by Gasteiger charge is -2.38. The van der Waals surface area contributed by atoms with Crippen molar-refractivity contribution in [2.45, 2.75) is 44.2 Å². The lowest BCUT2D eigenvalue weighted by atomic mass is 9.75. The fourth-order valence-electron chi connectivity index (χ4n) is 2.31. The van der Waals surface area contributed by atoms with Crippen molar-refractivity contribution in [3.8, 4) is 0 Å². The molecule has 2 rings (SSSR count). The largest absolute Gasteiger partial charge is 0.377 e. The van der Waals surface area contributed by atoms with Gasteiger partial charge < -0.3 is 10.1 Å². The highest BCUT2D eigenvalue weighted by Gasteiger charge is 2.32. The molecule has 0 amide bonds. The fraction of sp³-hybridized carbons (Fsp3) is 0.600. The van der Waals surface area contributed by atoms with E-state index in [0.717, 1.165) is 11.6 Å². The van der Waals surface area contributed by atoms with Gasteiger partial charge >= 0.3 is 0 Å². The van der Waals surface area contributed by atoms with Crippen molar-refractivity contribution >= 4 is 11.6 Å². The first-order valence-corrected chi connectivity index (χ1v) is 6.92. The number of rotatable bonds is 5. The van der Waals surface area contributed by atoms with Crippen LogP contribution in [-0.4, -0.2) is 25.3 Å². The molecule has 2 nitrogen and oxygen atoms in total. The van der Waals surface area contributed by atoms with Crippen LogP contribution in [0, 0.1) is 0 Å². The Morgan fingerprint density at radius 2 is 2.00 bits per heavy atom. The van der Waals surface area contributed by atoms with Crippen LogP contribution in [0.2, 0.25) is 5.02 Å². The van der Waals surface area contributed by atoms with Gasteiger partial charge in [0.15, 0.2) is 0 Å². The SMILES string of the molecule is COC(C)(C)CNC1CC(c2ccccc2Cl)C1. The second kappa shape index (κ2) is 5.60. The summed E-state index contributed by atoms with van der Waals surface area (Å²) in [6.07, 6.45) is 2.34. The van der Waals surface area contributed by atoms with Crippen molar-refractivity contribution in [1.82, 2.24) is 5.32 Å². The van der Waals surface area contributed by atoms with Gasteiger partial charge in [0.1, 0.15) is 0 Å². The van der Waals surface area contributed by atoms with Crippen LogP contribution in [0.5, 0.6) is 0 Å². The number of hydrogen-bond donors (Lipinski definition) is 1. The lowest BCUT2D eigenvalue weighted by Crippen LogP contribution is -2.46. The highest BCUT2D eigenvalue weighted by molar-refractivity contribution is 6.31. The zero-order valence-electron chi connectivity index (χ0n) is 11.4. The molecular weight excluding hydrogens is 246 g/mol. The Morgan fingerprint density at radius 1 is 1.33 bits per heavy atom.